The number of ether oxygens (including phenoxy) is 1. The highest BCUT2D eigenvalue weighted by Gasteiger charge is 2.32. The van der Waals surface area contributed by atoms with Crippen molar-refractivity contribution < 1.29 is 14.3 Å². The van der Waals surface area contributed by atoms with Crippen LogP contribution >= 0.6 is 15.9 Å². The second kappa shape index (κ2) is 5.57. The molecule has 1 atom stereocenters. The second-order valence-electron chi connectivity index (χ2n) is 4.39. The lowest BCUT2D eigenvalue weighted by atomic mass is 9.84. The van der Waals surface area contributed by atoms with E-state index >= 15 is 0 Å². The van der Waals surface area contributed by atoms with E-state index in [1.54, 1.807) is 6.92 Å². The third-order valence-electron chi connectivity index (χ3n) is 3.15. The molecule has 1 aromatic carbocycles. The summed E-state index contributed by atoms with van der Waals surface area (Å²) in [6, 6.07) is 7.60. The normalized spacial score (nSPS) is 19.1. The van der Waals surface area contributed by atoms with E-state index in [0.717, 1.165) is 10.0 Å². The van der Waals surface area contributed by atoms with Crippen molar-refractivity contribution in [2.45, 2.75) is 19.3 Å². The van der Waals surface area contributed by atoms with Crippen LogP contribution in [0.4, 0.5) is 0 Å². The van der Waals surface area contributed by atoms with E-state index in [2.05, 4.69) is 21.2 Å². The van der Waals surface area contributed by atoms with Gasteiger partial charge in [-0.15, -0.1) is 0 Å². The average Bonchev–Trinajstić information content (AvgIpc) is 2.38. The highest BCUT2D eigenvalue weighted by atomic mass is 79.9. The Morgan fingerprint density at radius 3 is 2.58 bits per heavy atom. The summed E-state index contributed by atoms with van der Waals surface area (Å²) in [5.41, 5.74) is 2.01. The molecule has 0 radical (unpaired) electrons. The van der Waals surface area contributed by atoms with E-state index in [1.165, 1.54) is 7.11 Å². The van der Waals surface area contributed by atoms with Crippen LogP contribution in [0, 0.1) is 0 Å². The minimum absolute atomic E-state index is 0.0851. The van der Waals surface area contributed by atoms with Crippen molar-refractivity contribution in [2.24, 2.45) is 0 Å². The molecule has 0 aromatic heterocycles. The summed E-state index contributed by atoms with van der Waals surface area (Å²) in [6.07, 6.45) is 0.253. The largest absolute Gasteiger partial charge is 0.466 e. The SMILES string of the molecule is COC(=O)C1=C(C)NC(=O)C[C@@H]1c1ccc(Br)cc1. The molecule has 1 aliphatic heterocycles. The van der Waals surface area contributed by atoms with Crippen LogP contribution in [0.15, 0.2) is 40.0 Å². The molecule has 0 unspecified atom stereocenters. The third-order valence-corrected chi connectivity index (χ3v) is 3.68. The van der Waals surface area contributed by atoms with Crippen molar-refractivity contribution >= 4 is 27.8 Å². The standard InChI is InChI=1S/C14H14BrNO3/c1-8-13(14(18)19-2)11(7-12(17)16-8)9-3-5-10(15)6-4-9/h3-6,11H,7H2,1-2H3,(H,16,17)/t11-/m1/s1. The van der Waals surface area contributed by atoms with Crippen LogP contribution in [-0.2, 0) is 14.3 Å². The Bertz CT molecular complexity index is 548. The van der Waals surface area contributed by atoms with Crippen molar-refractivity contribution in [3.63, 3.8) is 0 Å². The van der Waals surface area contributed by atoms with Gasteiger partial charge < -0.3 is 10.1 Å². The van der Waals surface area contributed by atoms with E-state index in [-0.39, 0.29) is 18.2 Å². The maximum atomic E-state index is 11.9. The Hall–Kier alpha value is -1.62. The van der Waals surface area contributed by atoms with Crippen LogP contribution in [0.1, 0.15) is 24.8 Å². The zero-order valence-corrected chi connectivity index (χ0v) is 12.3. The molecular weight excluding hydrogens is 310 g/mol. The van der Waals surface area contributed by atoms with Crippen molar-refractivity contribution in [3.8, 4) is 0 Å². The van der Waals surface area contributed by atoms with Crippen LogP contribution in [0.3, 0.4) is 0 Å². The molecule has 19 heavy (non-hydrogen) atoms. The number of carbonyl (C=O) groups is 2. The molecule has 1 aromatic rings. The van der Waals surface area contributed by atoms with Gasteiger partial charge in [-0.3, -0.25) is 4.79 Å². The molecule has 0 spiro atoms. The number of esters is 1. The molecule has 5 heteroatoms. The molecule has 0 saturated heterocycles. The van der Waals surface area contributed by atoms with Gasteiger partial charge in [0.2, 0.25) is 5.91 Å². The second-order valence-corrected chi connectivity index (χ2v) is 5.30. The molecule has 2 rings (SSSR count). The fourth-order valence-electron chi connectivity index (χ4n) is 2.26. The van der Waals surface area contributed by atoms with Crippen molar-refractivity contribution in [1.82, 2.24) is 5.32 Å². The predicted molar refractivity (Wildman–Crippen MR) is 74.4 cm³/mol. The van der Waals surface area contributed by atoms with E-state index < -0.39 is 5.97 Å². The number of hydrogen-bond donors (Lipinski definition) is 1. The molecule has 1 N–H and O–H groups in total. The third kappa shape index (κ3) is 2.87. The van der Waals surface area contributed by atoms with Gasteiger partial charge >= 0.3 is 5.97 Å². The molecule has 0 fully saturated rings. The van der Waals surface area contributed by atoms with Crippen molar-refractivity contribution in [3.05, 3.63) is 45.6 Å². The van der Waals surface area contributed by atoms with E-state index in [1.807, 2.05) is 24.3 Å². The number of allylic oxidation sites excluding steroid dienone is 1. The van der Waals surface area contributed by atoms with Crippen LogP contribution < -0.4 is 5.32 Å². The zero-order valence-electron chi connectivity index (χ0n) is 10.7. The van der Waals surface area contributed by atoms with Gasteiger partial charge in [0.05, 0.1) is 12.7 Å². The van der Waals surface area contributed by atoms with Gasteiger partial charge in [0, 0.05) is 22.5 Å². The lowest BCUT2D eigenvalue weighted by molar-refractivity contribution is -0.136. The number of carbonyl (C=O) groups excluding carboxylic acids is 2. The molecule has 0 saturated carbocycles. The average molecular weight is 324 g/mol. The van der Waals surface area contributed by atoms with Gasteiger partial charge in [-0.25, -0.2) is 4.79 Å². The zero-order chi connectivity index (χ0) is 14.0. The minimum Gasteiger partial charge on any atom is -0.466 e. The van der Waals surface area contributed by atoms with Crippen LogP contribution in [-0.4, -0.2) is 19.0 Å². The van der Waals surface area contributed by atoms with Gasteiger partial charge in [0.1, 0.15) is 0 Å². The number of hydrogen-bond acceptors (Lipinski definition) is 3. The number of nitrogens with one attached hydrogen (secondary N) is 1. The highest BCUT2D eigenvalue weighted by Crippen LogP contribution is 2.33. The van der Waals surface area contributed by atoms with E-state index in [0.29, 0.717) is 11.3 Å². The Morgan fingerprint density at radius 2 is 2.00 bits per heavy atom. The minimum atomic E-state index is -0.398. The molecule has 0 aliphatic carbocycles. The summed E-state index contributed by atoms with van der Waals surface area (Å²) in [5, 5.41) is 2.69. The molecule has 4 nitrogen and oxygen atoms in total. The Kier molecular flexibility index (Phi) is 4.04. The first kappa shape index (κ1) is 13.8. The molecule has 100 valence electrons. The van der Waals surface area contributed by atoms with E-state index in [4.69, 9.17) is 4.74 Å². The number of methoxy groups -OCH3 is 1. The summed E-state index contributed by atoms with van der Waals surface area (Å²) in [4.78, 5) is 23.6. The van der Waals surface area contributed by atoms with Gasteiger partial charge in [-0.2, -0.15) is 0 Å². The quantitative estimate of drug-likeness (QED) is 0.851. The fraction of sp³-hybridized carbons (Fsp3) is 0.286. The van der Waals surface area contributed by atoms with Crippen LogP contribution in [0.5, 0.6) is 0 Å². The summed E-state index contributed by atoms with van der Waals surface area (Å²) in [5.74, 6) is -0.738. The first-order chi connectivity index (χ1) is 9.02. The molecular formula is C14H14BrNO3. The first-order valence-corrected chi connectivity index (χ1v) is 6.66. The van der Waals surface area contributed by atoms with Crippen LogP contribution in [0.2, 0.25) is 0 Å². The summed E-state index contributed by atoms with van der Waals surface area (Å²) in [7, 11) is 1.34. The maximum Gasteiger partial charge on any atom is 0.336 e. The molecule has 1 heterocycles. The Balaban J connectivity index is 2.46. The number of benzene rings is 1. The van der Waals surface area contributed by atoms with E-state index in [9.17, 15) is 9.59 Å². The maximum absolute atomic E-state index is 11.9. The Labute approximate surface area is 120 Å². The Morgan fingerprint density at radius 1 is 1.37 bits per heavy atom. The number of halogens is 1. The van der Waals surface area contributed by atoms with Gasteiger partial charge in [-0.1, -0.05) is 28.1 Å². The first-order valence-electron chi connectivity index (χ1n) is 5.87. The lowest BCUT2D eigenvalue weighted by Gasteiger charge is -2.26. The predicted octanol–water partition coefficient (Wildman–Crippen LogP) is 2.50. The van der Waals surface area contributed by atoms with Crippen LogP contribution in [0.25, 0.3) is 0 Å². The van der Waals surface area contributed by atoms with Gasteiger partial charge in [0.25, 0.3) is 0 Å². The monoisotopic (exact) mass is 323 g/mol. The van der Waals surface area contributed by atoms with Gasteiger partial charge in [-0.05, 0) is 24.6 Å². The summed E-state index contributed by atoms with van der Waals surface area (Å²) in [6.45, 7) is 1.72. The summed E-state index contributed by atoms with van der Waals surface area (Å²) >= 11 is 3.37. The fourth-order valence-corrected chi connectivity index (χ4v) is 2.53. The lowest BCUT2D eigenvalue weighted by Crippen LogP contribution is -2.33. The van der Waals surface area contributed by atoms with Gasteiger partial charge in [0.15, 0.2) is 0 Å². The number of amides is 1. The highest BCUT2D eigenvalue weighted by molar-refractivity contribution is 9.10. The smallest absolute Gasteiger partial charge is 0.336 e. The molecule has 0 bridgehead atoms. The van der Waals surface area contributed by atoms with Crippen molar-refractivity contribution in [2.75, 3.05) is 7.11 Å². The number of rotatable bonds is 2. The van der Waals surface area contributed by atoms with Crippen molar-refractivity contribution in [1.29, 1.82) is 0 Å². The summed E-state index contributed by atoms with van der Waals surface area (Å²) < 4.78 is 5.77. The molecule has 1 amide bonds. The topological polar surface area (TPSA) is 55.4 Å². The molecule has 1 aliphatic rings.